The maximum atomic E-state index is 11.6. The number of carbonyl (C=O) groups excluding carboxylic acids is 1. The Bertz CT molecular complexity index is 598. The van der Waals surface area contributed by atoms with Gasteiger partial charge in [0.05, 0.1) is 12.8 Å². The van der Waals surface area contributed by atoms with Crippen LogP contribution in [0.15, 0.2) is 24.3 Å². The zero-order valence-corrected chi connectivity index (χ0v) is 11.1. The first kappa shape index (κ1) is 13.0. The average molecular weight is 257 g/mol. The van der Waals surface area contributed by atoms with Crippen LogP contribution in [-0.2, 0) is 4.74 Å². The third-order valence-electron chi connectivity index (χ3n) is 2.82. The van der Waals surface area contributed by atoms with Crippen LogP contribution in [0.3, 0.4) is 0 Å². The van der Waals surface area contributed by atoms with E-state index in [0.29, 0.717) is 11.5 Å². The fourth-order valence-electron chi connectivity index (χ4n) is 1.78. The Hall–Kier alpha value is -2.43. The van der Waals surface area contributed by atoms with E-state index in [-0.39, 0.29) is 11.4 Å². The molecule has 98 valence electrons. The highest BCUT2D eigenvalue weighted by Crippen LogP contribution is 2.21. The summed E-state index contributed by atoms with van der Waals surface area (Å²) in [5, 5.41) is 0. The molecule has 0 saturated carbocycles. The van der Waals surface area contributed by atoms with Crippen molar-refractivity contribution in [3.8, 4) is 11.4 Å². The second-order valence-electron chi connectivity index (χ2n) is 4.25. The van der Waals surface area contributed by atoms with E-state index in [2.05, 4.69) is 14.7 Å². The predicted octanol–water partition coefficient (Wildman–Crippen LogP) is 2.13. The van der Waals surface area contributed by atoms with Crippen molar-refractivity contribution >= 4 is 11.8 Å². The summed E-state index contributed by atoms with van der Waals surface area (Å²) in [4.78, 5) is 20.0. The van der Waals surface area contributed by atoms with Crippen molar-refractivity contribution in [3.05, 3.63) is 41.1 Å². The number of rotatable bonds is 2. The van der Waals surface area contributed by atoms with Crippen molar-refractivity contribution in [2.75, 3.05) is 12.8 Å². The van der Waals surface area contributed by atoms with Crippen LogP contribution >= 0.6 is 0 Å². The molecular weight excluding hydrogens is 242 g/mol. The molecule has 5 nitrogen and oxygen atoms in total. The zero-order valence-electron chi connectivity index (χ0n) is 11.1. The molecule has 0 spiro atoms. The lowest BCUT2D eigenvalue weighted by atomic mass is 10.1. The molecule has 0 amide bonds. The molecule has 0 aliphatic heterocycles. The van der Waals surface area contributed by atoms with E-state index in [9.17, 15) is 4.79 Å². The fraction of sp³-hybridized carbons (Fsp3) is 0.214. The van der Waals surface area contributed by atoms with Crippen molar-refractivity contribution in [2.24, 2.45) is 0 Å². The summed E-state index contributed by atoms with van der Waals surface area (Å²) >= 11 is 0. The summed E-state index contributed by atoms with van der Waals surface area (Å²) in [5.74, 6) is 0.114. The fourth-order valence-corrected chi connectivity index (χ4v) is 1.78. The topological polar surface area (TPSA) is 78.1 Å². The van der Waals surface area contributed by atoms with E-state index in [4.69, 9.17) is 5.73 Å². The SMILES string of the molecule is COC(=O)c1c(C)nc(-c2ccc(C)cc2)nc1N. The number of carbonyl (C=O) groups is 1. The Morgan fingerprint density at radius 3 is 2.32 bits per heavy atom. The van der Waals surface area contributed by atoms with Crippen LogP contribution in [0, 0.1) is 13.8 Å². The van der Waals surface area contributed by atoms with E-state index in [0.717, 1.165) is 11.1 Å². The number of methoxy groups -OCH3 is 1. The third kappa shape index (κ3) is 2.54. The molecule has 0 aliphatic carbocycles. The molecule has 19 heavy (non-hydrogen) atoms. The third-order valence-corrected chi connectivity index (χ3v) is 2.82. The Labute approximate surface area is 111 Å². The largest absolute Gasteiger partial charge is 0.465 e. The first-order chi connectivity index (χ1) is 9.02. The van der Waals surface area contributed by atoms with Gasteiger partial charge in [-0.2, -0.15) is 0 Å². The van der Waals surface area contributed by atoms with Gasteiger partial charge in [-0.15, -0.1) is 0 Å². The molecule has 0 atom stereocenters. The van der Waals surface area contributed by atoms with Crippen molar-refractivity contribution in [1.29, 1.82) is 0 Å². The minimum atomic E-state index is -0.523. The minimum Gasteiger partial charge on any atom is -0.465 e. The molecule has 0 bridgehead atoms. The number of ether oxygens (including phenoxy) is 1. The molecule has 2 rings (SSSR count). The lowest BCUT2D eigenvalue weighted by Gasteiger charge is -2.09. The number of aromatic nitrogens is 2. The van der Waals surface area contributed by atoms with Crippen LogP contribution in [0.4, 0.5) is 5.82 Å². The molecule has 0 saturated heterocycles. The second-order valence-corrected chi connectivity index (χ2v) is 4.25. The Kier molecular flexibility index (Phi) is 3.46. The number of esters is 1. The molecule has 0 radical (unpaired) electrons. The summed E-state index contributed by atoms with van der Waals surface area (Å²) in [6, 6.07) is 7.78. The predicted molar refractivity (Wildman–Crippen MR) is 72.7 cm³/mol. The zero-order chi connectivity index (χ0) is 14.0. The first-order valence-corrected chi connectivity index (χ1v) is 5.82. The Morgan fingerprint density at radius 2 is 1.79 bits per heavy atom. The van der Waals surface area contributed by atoms with Crippen LogP contribution in [0.1, 0.15) is 21.6 Å². The smallest absolute Gasteiger partial charge is 0.343 e. The Balaban J connectivity index is 2.51. The summed E-state index contributed by atoms with van der Waals surface area (Å²) < 4.78 is 4.66. The number of nitrogen functional groups attached to an aromatic ring is 1. The van der Waals surface area contributed by atoms with E-state index < -0.39 is 5.97 Å². The monoisotopic (exact) mass is 257 g/mol. The number of nitrogens with two attached hydrogens (primary N) is 1. The van der Waals surface area contributed by atoms with Gasteiger partial charge >= 0.3 is 5.97 Å². The molecule has 2 aromatic rings. The van der Waals surface area contributed by atoms with Crippen molar-refractivity contribution < 1.29 is 9.53 Å². The lowest BCUT2D eigenvalue weighted by molar-refractivity contribution is 0.0600. The molecule has 5 heteroatoms. The van der Waals surface area contributed by atoms with Crippen LogP contribution < -0.4 is 5.73 Å². The van der Waals surface area contributed by atoms with Crippen molar-refractivity contribution in [3.63, 3.8) is 0 Å². The second kappa shape index (κ2) is 5.06. The highest BCUT2D eigenvalue weighted by Gasteiger charge is 2.17. The quantitative estimate of drug-likeness (QED) is 0.834. The molecule has 2 N–H and O–H groups in total. The standard InChI is InChI=1S/C14H15N3O2/c1-8-4-6-10(7-5-8)13-16-9(2)11(12(15)17-13)14(18)19-3/h4-7H,1-3H3,(H2,15,16,17). The number of benzene rings is 1. The van der Waals surface area contributed by atoms with Gasteiger partial charge in [0.2, 0.25) is 0 Å². The number of hydrogen-bond acceptors (Lipinski definition) is 5. The van der Waals surface area contributed by atoms with Gasteiger partial charge < -0.3 is 10.5 Å². The van der Waals surface area contributed by atoms with E-state index in [1.807, 2.05) is 31.2 Å². The van der Waals surface area contributed by atoms with Gasteiger partial charge in [0, 0.05) is 5.56 Å². The molecular formula is C14H15N3O2. The van der Waals surface area contributed by atoms with Gasteiger partial charge in [-0.1, -0.05) is 29.8 Å². The lowest BCUT2D eigenvalue weighted by Crippen LogP contribution is -2.12. The van der Waals surface area contributed by atoms with E-state index in [1.54, 1.807) is 6.92 Å². The van der Waals surface area contributed by atoms with Crippen LogP contribution in [0.2, 0.25) is 0 Å². The maximum absolute atomic E-state index is 11.6. The van der Waals surface area contributed by atoms with Crippen molar-refractivity contribution in [2.45, 2.75) is 13.8 Å². The summed E-state index contributed by atoms with van der Waals surface area (Å²) in [6.45, 7) is 3.71. The average Bonchev–Trinajstić information content (AvgIpc) is 2.38. The first-order valence-electron chi connectivity index (χ1n) is 5.82. The van der Waals surface area contributed by atoms with Gasteiger partial charge in [0.25, 0.3) is 0 Å². The highest BCUT2D eigenvalue weighted by molar-refractivity contribution is 5.95. The molecule has 0 unspecified atom stereocenters. The molecule has 1 aromatic heterocycles. The summed E-state index contributed by atoms with van der Waals surface area (Å²) in [6.07, 6.45) is 0. The van der Waals surface area contributed by atoms with Gasteiger partial charge in [-0.05, 0) is 13.8 Å². The summed E-state index contributed by atoms with van der Waals surface area (Å²) in [7, 11) is 1.30. The van der Waals surface area contributed by atoms with Crippen LogP contribution in [0.5, 0.6) is 0 Å². The molecule has 1 aromatic carbocycles. The van der Waals surface area contributed by atoms with Gasteiger partial charge in [-0.25, -0.2) is 14.8 Å². The van der Waals surface area contributed by atoms with Gasteiger partial charge in [-0.3, -0.25) is 0 Å². The summed E-state index contributed by atoms with van der Waals surface area (Å²) in [5.41, 5.74) is 8.55. The normalized spacial score (nSPS) is 10.3. The highest BCUT2D eigenvalue weighted by atomic mass is 16.5. The van der Waals surface area contributed by atoms with Gasteiger partial charge in [0.15, 0.2) is 5.82 Å². The molecule has 1 heterocycles. The van der Waals surface area contributed by atoms with E-state index >= 15 is 0 Å². The van der Waals surface area contributed by atoms with Gasteiger partial charge in [0.1, 0.15) is 11.4 Å². The maximum Gasteiger partial charge on any atom is 0.343 e. The Morgan fingerprint density at radius 1 is 1.16 bits per heavy atom. The van der Waals surface area contributed by atoms with Crippen LogP contribution in [0.25, 0.3) is 11.4 Å². The number of anilines is 1. The van der Waals surface area contributed by atoms with E-state index in [1.165, 1.54) is 7.11 Å². The van der Waals surface area contributed by atoms with Crippen molar-refractivity contribution in [1.82, 2.24) is 9.97 Å². The number of hydrogen-bond donors (Lipinski definition) is 1. The number of aryl methyl sites for hydroxylation is 2. The minimum absolute atomic E-state index is 0.134. The number of nitrogens with zero attached hydrogens (tertiary/aromatic N) is 2. The van der Waals surface area contributed by atoms with Crippen LogP contribution in [-0.4, -0.2) is 23.0 Å². The molecule has 0 aliphatic rings. The molecule has 0 fully saturated rings.